The van der Waals surface area contributed by atoms with Crippen LogP contribution in [0.5, 0.6) is 0 Å². The number of hydrogen-bond donors (Lipinski definition) is 1. The molecule has 0 bridgehead atoms. The molecule has 2 N–H and O–H groups in total. The van der Waals surface area contributed by atoms with Crippen molar-refractivity contribution in [1.29, 1.82) is 0 Å². The number of pyridine rings is 1. The van der Waals surface area contributed by atoms with Crippen LogP contribution in [-0.4, -0.2) is 49.6 Å². The normalized spacial score (nSPS) is 19.1. The Morgan fingerprint density at radius 1 is 1.31 bits per heavy atom. The van der Waals surface area contributed by atoms with Gasteiger partial charge in [0, 0.05) is 31.2 Å². The second-order valence-corrected chi connectivity index (χ2v) is 10.0. The molecule has 4 rings (SSSR count). The fraction of sp³-hybridized carbons (Fsp3) is 0.409. The van der Waals surface area contributed by atoms with E-state index in [0.29, 0.717) is 52.2 Å². The third-order valence-corrected chi connectivity index (χ3v) is 7.21. The molecule has 0 saturated carbocycles. The van der Waals surface area contributed by atoms with Crippen LogP contribution in [0.2, 0.25) is 0 Å². The average molecular weight is 472 g/mol. The molecule has 2 amide bonds. The molecular weight excluding hydrogens is 446 g/mol. The number of carbonyl (C=O) groups excluding carboxylic acids is 2. The second-order valence-electron chi connectivity index (χ2n) is 8.35. The highest BCUT2D eigenvalue weighted by atomic mass is 32.2. The molecule has 2 aromatic heterocycles. The Morgan fingerprint density at radius 3 is 2.59 bits per heavy atom. The fourth-order valence-electron chi connectivity index (χ4n) is 4.10. The molecule has 0 unspecified atom stereocenters. The van der Waals surface area contributed by atoms with E-state index in [0.717, 1.165) is 5.56 Å². The van der Waals surface area contributed by atoms with Gasteiger partial charge in [-0.2, -0.15) is 0 Å². The maximum absolute atomic E-state index is 13.5. The third-order valence-electron chi connectivity index (χ3n) is 5.88. The molecule has 0 atom stereocenters. The summed E-state index contributed by atoms with van der Waals surface area (Å²) in [6.45, 7) is 6.80. The SMILES string of the molecule is Cc1cccn2c(=O)c(C=C3SC(=S)N(C(C)C)C3=O)c(N3CCC(C(N)=O)CC3)nc12. The van der Waals surface area contributed by atoms with Crippen molar-refractivity contribution in [2.75, 3.05) is 18.0 Å². The van der Waals surface area contributed by atoms with Gasteiger partial charge in [0.25, 0.3) is 11.5 Å². The lowest BCUT2D eigenvalue weighted by Gasteiger charge is -2.32. The van der Waals surface area contributed by atoms with Crippen LogP contribution >= 0.6 is 24.0 Å². The molecule has 2 aliphatic rings. The van der Waals surface area contributed by atoms with Crippen molar-refractivity contribution >= 4 is 57.7 Å². The molecule has 168 valence electrons. The van der Waals surface area contributed by atoms with Crippen molar-refractivity contribution in [3.8, 4) is 0 Å². The largest absolute Gasteiger partial charge is 0.369 e. The number of anilines is 1. The van der Waals surface area contributed by atoms with Crippen LogP contribution in [0.15, 0.2) is 28.0 Å². The zero-order valence-electron chi connectivity index (χ0n) is 18.2. The van der Waals surface area contributed by atoms with Gasteiger partial charge in [-0.1, -0.05) is 30.0 Å². The van der Waals surface area contributed by atoms with E-state index in [-0.39, 0.29) is 29.3 Å². The first-order chi connectivity index (χ1) is 15.2. The van der Waals surface area contributed by atoms with E-state index in [1.807, 2.05) is 31.7 Å². The van der Waals surface area contributed by atoms with E-state index >= 15 is 0 Å². The number of rotatable bonds is 4. The molecule has 32 heavy (non-hydrogen) atoms. The van der Waals surface area contributed by atoms with Gasteiger partial charge in [-0.25, -0.2) is 4.98 Å². The van der Waals surface area contributed by atoms with Crippen molar-refractivity contribution in [2.45, 2.75) is 39.7 Å². The maximum Gasteiger partial charge on any atom is 0.267 e. The summed E-state index contributed by atoms with van der Waals surface area (Å²) in [5.41, 5.74) is 7.01. The molecule has 2 fully saturated rings. The van der Waals surface area contributed by atoms with Crippen molar-refractivity contribution in [2.24, 2.45) is 11.7 Å². The Hall–Kier alpha value is -2.72. The number of aromatic nitrogens is 2. The van der Waals surface area contributed by atoms with E-state index in [2.05, 4.69) is 0 Å². The van der Waals surface area contributed by atoms with Crippen LogP contribution in [-0.2, 0) is 9.59 Å². The van der Waals surface area contributed by atoms with Crippen LogP contribution in [0, 0.1) is 12.8 Å². The molecular formula is C22H25N5O3S2. The van der Waals surface area contributed by atoms with E-state index in [1.54, 1.807) is 23.2 Å². The van der Waals surface area contributed by atoms with Gasteiger partial charge in [0.15, 0.2) is 0 Å². The van der Waals surface area contributed by atoms with Gasteiger partial charge in [-0.05, 0) is 51.3 Å². The lowest BCUT2D eigenvalue weighted by Crippen LogP contribution is -2.40. The average Bonchev–Trinajstić information content (AvgIpc) is 3.03. The number of fused-ring (bicyclic) bond motifs is 1. The molecule has 2 saturated heterocycles. The number of primary amides is 1. The van der Waals surface area contributed by atoms with Crippen LogP contribution in [0.25, 0.3) is 11.7 Å². The van der Waals surface area contributed by atoms with Gasteiger partial charge in [0.05, 0.1) is 10.5 Å². The van der Waals surface area contributed by atoms with Crippen molar-refractivity contribution in [3.63, 3.8) is 0 Å². The van der Waals surface area contributed by atoms with Gasteiger partial charge >= 0.3 is 0 Å². The maximum atomic E-state index is 13.5. The summed E-state index contributed by atoms with van der Waals surface area (Å²) in [6, 6.07) is 3.63. The van der Waals surface area contributed by atoms with Gasteiger partial charge in [-0.15, -0.1) is 0 Å². The highest BCUT2D eigenvalue weighted by Gasteiger charge is 2.35. The van der Waals surface area contributed by atoms with Gasteiger partial charge in [-0.3, -0.25) is 23.7 Å². The van der Waals surface area contributed by atoms with E-state index in [4.69, 9.17) is 22.9 Å². The summed E-state index contributed by atoms with van der Waals surface area (Å²) in [7, 11) is 0. The quantitative estimate of drug-likeness (QED) is 0.539. The van der Waals surface area contributed by atoms with E-state index in [9.17, 15) is 14.4 Å². The van der Waals surface area contributed by atoms with Gasteiger partial charge in [0.2, 0.25) is 5.91 Å². The van der Waals surface area contributed by atoms with Crippen molar-refractivity contribution in [1.82, 2.24) is 14.3 Å². The third kappa shape index (κ3) is 3.93. The first-order valence-electron chi connectivity index (χ1n) is 10.5. The summed E-state index contributed by atoms with van der Waals surface area (Å²) in [6.07, 6.45) is 4.48. The van der Waals surface area contributed by atoms with Crippen LogP contribution in [0.3, 0.4) is 0 Å². The van der Waals surface area contributed by atoms with E-state index < -0.39 is 0 Å². The number of piperidine rings is 1. The lowest BCUT2D eigenvalue weighted by molar-refractivity contribution is -0.123. The Bertz CT molecular complexity index is 1210. The number of carbonyl (C=O) groups is 2. The number of thiocarbonyl (C=S) groups is 1. The second kappa shape index (κ2) is 8.67. The highest BCUT2D eigenvalue weighted by molar-refractivity contribution is 8.26. The standard InChI is InChI=1S/C22H25N5O3S2/c1-12(2)27-21(30)16(32-22(27)31)11-15-19(25-9-6-14(7-10-25)17(23)28)24-18-13(3)5-4-8-26(18)20(15)29/h4-5,8,11-12,14H,6-7,9-10H2,1-3H3,(H2,23,28). The van der Waals surface area contributed by atoms with Gasteiger partial charge < -0.3 is 10.6 Å². The zero-order chi connectivity index (χ0) is 23.2. The molecule has 2 aromatic rings. The zero-order valence-corrected chi connectivity index (χ0v) is 19.8. The summed E-state index contributed by atoms with van der Waals surface area (Å²) < 4.78 is 1.98. The molecule has 8 nitrogen and oxygen atoms in total. The Balaban J connectivity index is 1.84. The van der Waals surface area contributed by atoms with E-state index in [1.165, 1.54) is 16.2 Å². The summed E-state index contributed by atoms with van der Waals surface area (Å²) in [4.78, 5) is 46.9. The summed E-state index contributed by atoms with van der Waals surface area (Å²) in [5.74, 6) is -0.172. The lowest BCUT2D eigenvalue weighted by atomic mass is 9.96. The van der Waals surface area contributed by atoms with Crippen molar-refractivity contribution < 1.29 is 9.59 Å². The van der Waals surface area contributed by atoms with Gasteiger partial charge in [0.1, 0.15) is 15.8 Å². The summed E-state index contributed by atoms with van der Waals surface area (Å²) in [5, 5.41) is 0. The molecule has 0 aromatic carbocycles. The number of amides is 2. The molecule has 10 heteroatoms. The van der Waals surface area contributed by atoms with Crippen molar-refractivity contribution in [3.05, 3.63) is 44.7 Å². The molecule has 2 aliphatic heterocycles. The smallest absolute Gasteiger partial charge is 0.267 e. The molecule has 0 spiro atoms. The van der Waals surface area contributed by atoms with Crippen LogP contribution in [0.1, 0.15) is 37.8 Å². The Kier molecular flexibility index (Phi) is 6.09. The first kappa shape index (κ1) is 22.5. The molecule has 0 aliphatic carbocycles. The minimum absolute atomic E-state index is 0.0702. The minimum atomic E-state index is -0.301. The predicted octanol–water partition coefficient (Wildman–Crippen LogP) is 2.31. The number of hydrogen-bond acceptors (Lipinski definition) is 7. The molecule has 0 radical (unpaired) electrons. The number of aryl methyl sites for hydroxylation is 1. The topological polar surface area (TPSA) is 101 Å². The number of nitrogens with two attached hydrogens (primary N) is 1. The Morgan fingerprint density at radius 2 is 2.00 bits per heavy atom. The number of thioether (sulfide) groups is 1. The monoisotopic (exact) mass is 471 g/mol. The highest BCUT2D eigenvalue weighted by Crippen LogP contribution is 2.35. The Labute approximate surface area is 195 Å². The van der Waals surface area contributed by atoms with Crippen LogP contribution in [0.4, 0.5) is 5.82 Å². The minimum Gasteiger partial charge on any atom is -0.369 e. The fourth-order valence-corrected chi connectivity index (χ4v) is 5.61. The van der Waals surface area contributed by atoms with Crippen LogP contribution < -0.4 is 16.2 Å². The number of nitrogens with zero attached hydrogens (tertiary/aromatic N) is 4. The molecule has 4 heterocycles. The predicted molar refractivity (Wildman–Crippen MR) is 130 cm³/mol. The summed E-state index contributed by atoms with van der Waals surface area (Å²) >= 11 is 6.58. The first-order valence-corrected chi connectivity index (χ1v) is 11.7.